The van der Waals surface area contributed by atoms with E-state index in [1.165, 1.54) is 12.1 Å². The van der Waals surface area contributed by atoms with Gasteiger partial charge in [0.25, 0.3) is 0 Å². The maximum absolute atomic E-state index is 12.5. The number of sulfone groups is 1. The van der Waals surface area contributed by atoms with Crippen molar-refractivity contribution in [1.29, 1.82) is 0 Å². The molecule has 1 saturated heterocycles. The van der Waals surface area contributed by atoms with Gasteiger partial charge >= 0.3 is 6.61 Å². The summed E-state index contributed by atoms with van der Waals surface area (Å²) in [6.45, 7) is -2.96. The Labute approximate surface area is 134 Å². The summed E-state index contributed by atoms with van der Waals surface area (Å²) < 4.78 is 52.5. The van der Waals surface area contributed by atoms with Gasteiger partial charge in [0, 0.05) is 11.1 Å². The van der Waals surface area contributed by atoms with Crippen LogP contribution in [-0.2, 0) is 9.84 Å². The second-order valence-electron chi connectivity index (χ2n) is 4.71. The van der Waals surface area contributed by atoms with Crippen molar-refractivity contribution < 1.29 is 21.9 Å². The Morgan fingerprint density at radius 2 is 1.95 bits per heavy atom. The van der Waals surface area contributed by atoms with E-state index < -0.39 is 16.4 Å². The highest BCUT2D eigenvalue weighted by Gasteiger charge is 2.25. The van der Waals surface area contributed by atoms with E-state index in [2.05, 4.69) is 26.0 Å². The van der Waals surface area contributed by atoms with Gasteiger partial charge in [-0.25, -0.2) is 8.42 Å². The zero-order valence-electron chi connectivity index (χ0n) is 10.8. The molecule has 0 amide bonds. The van der Waals surface area contributed by atoms with Crippen LogP contribution in [-0.4, -0.2) is 32.6 Å². The summed E-state index contributed by atoms with van der Waals surface area (Å²) in [5.74, 6) is 0.123. The van der Waals surface area contributed by atoms with Crippen molar-refractivity contribution >= 4 is 43.1 Å². The lowest BCUT2D eigenvalue weighted by Crippen LogP contribution is -2.32. The van der Waals surface area contributed by atoms with Crippen LogP contribution in [0.1, 0.15) is 12.8 Å². The SMILES string of the molecule is O=S1(=O)CCC(Nc2cc(Cl)cc(Br)c2OC(F)F)CC1. The van der Waals surface area contributed by atoms with Crippen LogP contribution in [0.5, 0.6) is 5.75 Å². The normalized spacial score (nSPS) is 18.7. The van der Waals surface area contributed by atoms with Crippen molar-refractivity contribution in [2.45, 2.75) is 25.5 Å². The number of benzene rings is 1. The largest absolute Gasteiger partial charge is 0.431 e. The van der Waals surface area contributed by atoms with Crippen LogP contribution in [0.2, 0.25) is 5.02 Å². The fourth-order valence-corrected chi connectivity index (χ4v) is 4.53. The topological polar surface area (TPSA) is 55.4 Å². The zero-order valence-corrected chi connectivity index (χ0v) is 13.9. The Kier molecular flexibility index (Phi) is 5.32. The summed E-state index contributed by atoms with van der Waals surface area (Å²) in [6, 6.07) is 2.81. The molecule has 1 N–H and O–H groups in total. The summed E-state index contributed by atoms with van der Waals surface area (Å²) in [5.41, 5.74) is 0.318. The highest BCUT2D eigenvalue weighted by Crippen LogP contribution is 2.38. The van der Waals surface area contributed by atoms with E-state index in [1.807, 2.05) is 0 Å². The van der Waals surface area contributed by atoms with E-state index in [4.69, 9.17) is 11.6 Å². The third-order valence-corrected chi connectivity index (χ3v) is 5.65. The number of ether oxygens (including phenoxy) is 1. The van der Waals surface area contributed by atoms with E-state index in [0.29, 0.717) is 28.0 Å². The van der Waals surface area contributed by atoms with Crippen LogP contribution in [0, 0.1) is 0 Å². The molecule has 9 heteroatoms. The lowest BCUT2D eigenvalue weighted by Gasteiger charge is -2.25. The van der Waals surface area contributed by atoms with Crippen molar-refractivity contribution in [3.05, 3.63) is 21.6 Å². The van der Waals surface area contributed by atoms with Crippen LogP contribution >= 0.6 is 27.5 Å². The predicted molar refractivity (Wildman–Crippen MR) is 81.1 cm³/mol. The first kappa shape index (κ1) is 16.8. The van der Waals surface area contributed by atoms with Crippen molar-refractivity contribution in [3.8, 4) is 5.75 Å². The number of alkyl halides is 2. The Balaban J connectivity index is 2.19. The molecule has 1 aliphatic rings. The molecule has 1 fully saturated rings. The Hall–Kier alpha value is -0.600. The van der Waals surface area contributed by atoms with Crippen LogP contribution < -0.4 is 10.1 Å². The summed E-state index contributed by atoms with van der Waals surface area (Å²) in [6.07, 6.45) is 0.834. The fraction of sp³-hybridized carbons (Fsp3) is 0.500. The number of hydrogen-bond acceptors (Lipinski definition) is 4. The third-order valence-electron chi connectivity index (χ3n) is 3.13. The van der Waals surface area contributed by atoms with E-state index >= 15 is 0 Å². The first-order valence-corrected chi connectivity index (χ1v) is 9.17. The molecule has 0 aliphatic carbocycles. The second-order valence-corrected chi connectivity index (χ2v) is 8.31. The number of anilines is 1. The maximum atomic E-state index is 12.5. The molecule has 1 aromatic carbocycles. The summed E-state index contributed by atoms with van der Waals surface area (Å²) in [7, 11) is -2.98. The molecule has 0 bridgehead atoms. The summed E-state index contributed by atoms with van der Waals surface area (Å²) in [5, 5.41) is 3.39. The van der Waals surface area contributed by atoms with Gasteiger partial charge in [0.05, 0.1) is 21.7 Å². The van der Waals surface area contributed by atoms with E-state index in [1.54, 1.807) is 0 Å². The summed E-state index contributed by atoms with van der Waals surface area (Å²) in [4.78, 5) is 0. The lowest BCUT2D eigenvalue weighted by molar-refractivity contribution is -0.0498. The molecule has 0 atom stereocenters. The van der Waals surface area contributed by atoms with Crippen LogP contribution in [0.4, 0.5) is 14.5 Å². The molecule has 0 radical (unpaired) electrons. The molecular formula is C12H13BrClF2NO3S. The average Bonchev–Trinajstić information content (AvgIpc) is 2.36. The monoisotopic (exact) mass is 403 g/mol. The van der Waals surface area contributed by atoms with E-state index in [0.717, 1.165) is 0 Å². The van der Waals surface area contributed by atoms with Crippen molar-refractivity contribution in [3.63, 3.8) is 0 Å². The Morgan fingerprint density at radius 1 is 1.33 bits per heavy atom. The molecule has 0 aromatic heterocycles. The van der Waals surface area contributed by atoms with Gasteiger partial charge in [-0.3, -0.25) is 0 Å². The standard InChI is InChI=1S/C12H13BrClF2NO3S/c13-9-5-7(14)6-10(11(9)20-12(15)16)17-8-1-3-21(18,19)4-2-8/h5-6,8,12,17H,1-4H2. The first-order valence-electron chi connectivity index (χ1n) is 6.17. The van der Waals surface area contributed by atoms with Crippen molar-refractivity contribution in [1.82, 2.24) is 0 Å². The summed E-state index contributed by atoms with van der Waals surface area (Å²) >= 11 is 9.04. The molecule has 0 unspecified atom stereocenters. The third kappa shape index (κ3) is 4.69. The maximum Gasteiger partial charge on any atom is 0.387 e. The molecular weight excluding hydrogens is 392 g/mol. The number of rotatable bonds is 4. The number of halogens is 4. The fourth-order valence-electron chi connectivity index (χ4n) is 2.13. The smallest absolute Gasteiger partial charge is 0.387 e. The highest BCUT2D eigenvalue weighted by atomic mass is 79.9. The molecule has 1 heterocycles. The van der Waals surface area contributed by atoms with Crippen molar-refractivity contribution in [2.24, 2.45) is 0 Å². The zero-order chi connectivity index (χ0) is 15.6. The molecule has 0 saturated carbocycles. The van der Waals surface area contributed by atoms with Gasteiger partial charge in [0.15, 0.2) is 5.75 Å². The van der Waals surface area contributed by atoms with Crippen LogP contribution in [0.25, 0.3) is 0 Å². The van der Waals surface area contributed by atoms with Gasteiger partial charge in [0.1, 0.15) is 9.84 Å². The van der Waals surface area contributed by atoms with Gasteiger partial charge in [-0.05, 0) is 40.9 Å². The molecule has 21 heavy (non-hydrogen) atoms. The van der Waals surface area contributed by atoms with Crippen LogP contribution in [0.3, 0.4) is 0 Å². The van der Waals surface area contributed by atoms with Gasteiger partial charge < -0.3 is 10.1 Å². The first-order chi connectivity index (χ1) is 9.77. The molecule has 1 aromatic rings. The molecule has 2 rings (SSSR count). The van der Waals surface area contributed by atoms with Gasteiger partial charge in [-0.1, -0.05) is 11.6 Å². The lowest BCUT2D eigenvalue weighted by atomic mass is 10.1. The van der Waals surface area contributed by atoms with Gasteiger partial charge in [-0.15, -0.1) is 0 Å². The van der Waals surface area contributed by atoms with Gasteiger partial charge in [-0.2, -0.15) is 8.78 Å². The molecule has 1 aliphatic heterocycles. The molecule has 4 nitrogen and oxygen atoms in total. The minimum atomic E-state index is -2.98. The quantitative estimate of drug-likeness (QED) is 0.831. The predicted octanol–water partition coefficient (Wildman–Crippen LogP) is 3.69. The van der Waals surface area contributed by atoms with E-state index in [9.17, 15) is 17.2 Å². The minimum absolute atomic E-state index is 0.0390. The number of hydrogen-bond donors (Lipinski definition) is 1. The Morgan fingerprint density at radius 3 is 2.52 bits per heavy atom. The van der Waals surface area contributed by atoms with Crippen molar-refractivity contribution in [2.75, 3.05) is 16.8 Å². The number of nitrogens with one attached hydrogen (secondary N) is 1. The Bertz CT molecular complexity index is 613. The average molecular weight is 405 g/mol. The second kappa shape index (κ2) is 6.66. The minimum Gasteiger partial charge on any atom is -0.431 e. The molecule has 118 valence electrons. The highest BCUT2D eigenvalue weighted by molar-refractivity contribution is 9.10. The van der Waals surface area contributed by atoms with E-state index in [-0.39, 0.29) is 23.3 Å². The molecule has 0 spiro atoms. The van der Waals surface area contributed by atoms with Crippen LogP contribution in [0.15, 0.2) is 16.6 Å². The van der Waals surface area contributed by atoms with Gasteiger partial charge in [0.2, 0.25) is 0 Å².